The normalized spacial score (nSPS) is 14.4. The minimum Gasteiger partial charge on any atom is -0.459 e. The van der Waals surface area contributed by atoms with E-state index in [1.165, 1.54) is 57.8 Å². The van der Waals surface area contributed by atoms with Crippen LogP contribution in [0.25, 0.3) is 0 Å². The van der Waals surface area contributed by atoms with E-state index in [0.717, 1.165) is 6.42 Å². The molecule has 0 spiro atoms. The third kappa shape index (κ3) is 36.9. The molecule has 1 atom stereocenters. The Balaban J connectivity index is -0.000000354. The van der Waals surface area contributed by atoms with E-state index in [2.05, 4.69) is 20.4 Å². The topological polar surface area (TPSA) is 113 Å². The van der Waals surface area contributed by atoms with Gasteiger partial charge in [0.15, 0.2) is 0 Å². The number of carbonyl (C=O) groups is 1. The number of hydrogen-bond donors (Lipinski definition) is 2. The van der Waals surface area contributed by atoms with Crippen molar-refractivity contribution in [2.24, 2.45) is 0 Å². The Hall–Kier alpha value is 0.0400. The number of epoxide rings is 1. The van der Waals surface area contributed by atoms with Crippen LogP contribution in [-0.4, -0.2) is 42.8 Å². The van der Waals surface area contributed by atoms with Gasteiger partial charge in [0.25, 0.3) is 0 Å². The zero-order chi connectivity index (χ0) is 21.1. The van der Waals surface area contributed by atoms with Crippen LogP contribution in [0.5, 0.6) is 0 Å². The van der Waals surface area contributed by atoms with Gasteiger partial charge in [0.1, 0.15) is 12.7 Å². The first-order valence-electron chi connectivity index (χ1n) is 9.55. The molecule has 1 saturated heterocycles. The molecule has 28 heavy (non-hydrogen) atoms. The standard InChI is InChI=1S/C12H25.C7H10O3.Na.H2O4S/c1-3-5-7-9-11-12-10-8-6-4-2;1-5(2)7(8)10-4-6-3-9-6;;1-5(2,3)4/h1,3-12H2,2H3;6H,1,3-4H2,2H3;;(H2,1,2,3,4)/q-1;;+1;. The SMILES string of the molecule is C=C(C)C(=O)OCC1CO1.O=S(=O)(O)O.[CH2-]CCCCCCCCCCC.[Na+]. The molecule has 1 rings (SSSR count). The van der Waals surface area contributed by atoms with Gasteiger partial charge in [-0.1, -0.05) is 71.3 Å². The Bertz CT molecular complexity index is 459. The van der Waals surface area contributed by atoms with Crippen LogP contribution in [0, 0.1) is 6.92 Å². The first-order chi connectivity index (χ1) is 12.6. The Morgan fingerprint density at radius 2 is 1.50 bits per heavy atom. The van der Waals surface area contributed by atoms with Crippen molar-refractivity contribution in [2.45, 2.75) is 84.2 Å². The number of ether oxygens (including phenoxy) is 2. The first kappa shape index (κ1) is 32.7. The van der Waals surface area contributed by atoms with Gasteiger partial charge in [-0.25, -0.2) is 4.79 Å². The monoisotopic (exact) mass is 432 g/mol. The van der Waals surface area contributed by atoms with Gasteiger partial charge in [-0.05, 0) is 6.92 Å². The third-order valence-corrected chi connectivity index (χ3v) is 3.50. The molecule has 1 heterocycles. The van der Waals surface area contributed by atoms with Gasteiger partial charge in [0, 0.05) is 5.57 Å². The molecule has 1 unspecified atom stereocenters. The number of unbranched alkanes of at least 4 members (excludes halogenated alkanes) is 9. The van der Waals surface area contributed by atoms with Crippen LogP contribution in [0.1, 0.15) is 78.1 Å². The predicted molar refractivity (Wildman–Crippen MR) is 107 cm³/mol. The summed E-state index contributed by atoms with van der Waals surface area (Å²) >= 11 is 0. The van der Waals surface area contributed by atoms with Gasteiger partial charge in [-0.3, -0.25) is 9.11 Å². The molecule has 2 N–H and O–H groups in total. The first-order valence-corrected chi connectivity index (χ1v) is 10.9. The van der Waals surface area contributed by atoms with E-state index >= 15 is 0 Å². The number of hydrogen-bond acceptors (Lipinski definition) is 5. The van der Waals surface area contributed by atoms with Crippen molar-refractivity contribution in [3.05, 3.63) is 19.1 Å². The zero-order valence-electron chi connectivity index (χ0n) is 17.8. The predicted octanol–water partition coefficient (Wildman–Crippen LogP) is 1.60. The van der Waals surface area contributed by atoms with Gasteiger partial charge in [-0.2, -0.15) is 14.8 Å². The van der Waals surface area contributed by atoms with E-state index in [9.17, 15) is 4.79 Å². The fourth-order valence-corrected chi connectivity index (χ4v) is 1.94. The second-order valence-corrected chi connectivity index (χ2v) is 7.36. The summed E-state index contributed by atoms with van der Waals surface area (Å²) < 4.78 is 41.2. The molecule has 7 nitrogen and oxygen atoms in total. The van der Waals surface area contributed by atoms with Crippen LogP contribution >= 0.6 is 0 Å². The van der Waals surface area contributed by atoms with Gasteiger partial charge in [0.05, 0.1) is 6.61 Å². The second kappa shape index (κ2) is 21.7. The Labute approximate surface area is 193 Å². The summed E-state index contributed by atoms with van der Waals surface area (Å²) in [5, 5.41) is 0. The Morgan fingerprint density at radius 3 is 1.82 bits per heavy atom. The maximum Gasteiger partial charge on any atom is 1.00 e. The minimum absolute atomic E-state index is 0. The molecule has 1 fully saturated rings. The number of esters is 1. The van der Waals surface area contributed by atoms with E-state index in [4.69, 9.17) is 27.0 Å². The van der Waals surface area contributed by atoms with E-state index in [0.29, 0.717) is 18.8 Å². The molecule has 0 aromatic rings. The molecule has 0 radical (unpaired) electrons. The summed E-state index contributed by atoms with van der Waals surface area (Å²) in [6, 6.07) is 0. The summed E-state index contributed by atoms with van der Waals surface area (Å²) in [6.07, 6.45) is 14.0. The van der Waals surface area contributed by atoms with Crippen LogP contribution in [0.4, 0.5) is 0 Å². The third-order valence-electron chi connectivity index (χ3n) is 3.50. The molecular formula is C19H37NaO7S. The summed E-state index contributed by atoms with van der Waals surface area (Å²) in [7, 11) is -4.67. The molecule has 9 heteroatoms. The second-order valence-electron chi connectivity index (χ2n) is 6.46. The van der Waals surface area contributed by atoms with Crippen molar-refractivity contribution in [3.63, 3.8) is 0 Å². The van der Waals surface area contributed by atoms with Crippen molar-refractivity contribution in [1.82, 2.24) is 0 Å². The van der Waals surface area contributed by atoms with Crippen molar-refractivity contribution in [2.75, 3.05) is 13.2 Å². The molecule has 0 aromatic heterocycles. The van der Waals surface area contributed by atoms with Crippen LogP contribution in [0.15, 0.2) is 12.2 Å². The van der Waals surface area contributed by atoms with Gasteiger partial charge < -0.3 is 16.4 Å². The average Bonchev–Trinajstić information content (AvgIpc) is 3.38. The summed E-state index contributed by atoms with van der Waals surface area (Å²) in [5.41, 5.74) is 0.431. The quantitative estimate of drug-likeness (QED) is 0.0916. The van der Waals surface area contributed by atoms with E-state index in [1.807, 2.05) is 0 Å². The minimum atomic E-state index is -4.67. The number of carbonyl (C=O) groups excluding carboxylic acids is 1. The summed E-state index contributed by atoms with van der Waals surface area (Å²) in [4.78, 5) is 10.7. The molecule has 1 aliphatic heterocycles. The average molecular weight is 433 g/mol. The molecule has 0 aliphatic carbocycles. The maximum atomic E-state index is 10.7. The fourth-order valence-electron chi connectivity index (χ4n) is 1.94. The van der Waals surface area contributed by atoms with Crippen LogP contribution in [-0.2, 0) is 24.7 Å². The summed E-state index contributed by atoms with van der Waals surface area (Å²) in [6.45, 7) is 12.3. The number of rotatable bonds is 12. The molecule has 0 amide bonds. The molecule has 0 saturated carbocycles. The van der Waals surface area contributed by atoms with Gasteiger partial charge >= 0.3 is 45.9 Å². The Morgan fingerprint density at radius 1 is 1.11 bits per heavy atom. The zero-order valence-corrected chi connectivity index (χ0v) is 20.6. The van der Waals surface area contributed by atoms with Gasteiger partial charge in [0.2, 0.25) is 0 Å². The van der Waals surface area contributed by atoms with E-state index in [-0.39, 0.29) is 41.6 Å². The van der Waals surface area contributed by atoms with E-state index < -0.39 is 10.4 Å². The molecule has 1 aliphatic rings. The van der Waals surface area contributed by atoms with Gasteiger partial charge in [-0.15, -0.1) is 0 Å². The largest absolute Gasteiger partial charge is 1.00 e. The molecular weight excluding hydrogens is 395 g/mol. The molecule has 0 aromatic carbocycles. The van der Waals surface area contributed by atoms with Crippen molar-refractivity contribution in [1.29, 1.82) is 0 Å². The van der Waals surface area contributed by atoms with Crippen molar-refractivity contribution in [3.8, 4) is 0 Å². The Kier molecular flexibility index (Phi) is 25.4. The maximum absolute atomic E-state index is 10.7. The summed E-state index contributed by atoms with van der Waals surface area (Å²) in [5.74, 6) is -0.337. The fraction of sp³-hybridized carbons (Fsp3) is 0.789. The van der Waals surface area contributed by atoms with Crippen LogP contribution in [0.2, 0.25) is 0 Å². The van der Waals surface area contributed by atoms with Crippen molar-refractivity contribution < 1.29 is 61.3 Å². The molecule has 0 bridgehead atoms. The van der Waals surface area contributed by atoms with Crippen LogP contribution < -0.4 is 29.6 Å². The smallest absolute Gasteiger partial charge is 0.459 e. The van der Waals surface area contributed by atoms with Crippen molar-refractivity contribution >= 4 is 16.4 Å². The van der Waals surface area contributed by atoms with Crippen LogP contribution in [0.3, 0.4) is 0 Å². The van der Waals surface area contributed by atoms with E-state index in [1.54, 1.807) is 6.92 Å². The molecule has 162 valence electrons.